The summed E-state index contributed by atoms with van der Waals surface area (Å²) in [5.74, 6) is 0.227. The first-order valence-corrected chi connectivity index (χ1v) is 9.55. The highest BCUT2D eigenvalue weighted by atomic mass is 16.5. The molecule has 4 rings (SSSR count). The SMILES string of the molecule is COc1nn(C)cc1C(=O)N1CCCC1Cn1nc2c(cc1=O)CCCC2. The molecule has 0 aromatic carbocycles. The summed E-state index contributed by atoms with van der Waals surface area (Å²) in [6, 6.07) is 1.68. The average molecular weight is 371 g/mol. The zero-order valence-corrected chi connectivity index (χ0v) is 15.8. The van der Waals surface area contributed by atoms with Crippen molar-refractivity contribution in [3.05, 3.63) is 39.4 Å². The van der Waals surface area contributed by atoms with Crippen LogP contribution in [0.5, 0.6) is 5.88 Å². The largest absolute Gasteiger partial charge is 0.479 e. The van der Waals surface area contributed by atoms with Crippen LogP contribution in [-0.4, -0.2) is 50.1 Å². The summed E-state index contributed by atoms with van der Waals surface area (Å²) in [6.45, 7) is 1.10. The summed E-state index contributed by atoms with van der Waals surface area (Å²) < 4.78 is 8.35. The molecule has 1 unspecified atom stereocenters. The van der Waals surface area contributed by atoms with Crippen LogP contribution in [0.3, 0.4) is 0 Å². The molecule has 2 aromatic rings. The zero-order valence-electron chi connectivity index (χ0n) is 15.8. The van der Waals surface area contributed by atoms with E-state index < -0.39 is 0 Å². The fourth-order valence-electron chi connectivity index (χ4n) is 4.14. The second-order valence-corrected chi connectivity index (χ2v) is 7.36. The Kier molecular flexibility index (Phi) is 4.72. The third kappa shape index (κ3) is 3.36. The number of aromatic nitrogens is 4. The number of carbonyl (C=O) groups excluding carboxylic acids is 1. The molecule has 1 aliphatic heterocycles. The molecular formula is C19H25N5O3. The minimum Gasteiger partial charge on any atom is -0.479 e. The lowest BCUT2D eigenvalue weighted by molar-refractivity contribution is 0.0716. The normalized spacial score (nSPS) is 19.2. The number of amides is 1. The number of hydrogen-bond donors (Lipinski definition) is 0. The Hall–Kier alpha value is -2.64. The van der Waals surface area contributed by atoms with Crippen molar-refractivity contribution < 1.29 is 9.53 Å². The Balaban J connectivity index is 1.57. The van der Waals surface area contributed by atoms with E-state index in [-0.39, 0.29) is 17.5 Å². The maximum atomic E-state index is 13.0. The van der Waals surface area contributed by atoms with Gasteiger partial charge in [0, 0.05) is 25.9 Å². The smallest absolute Gasteiger partial charge is 0.267 e. The van der Waals surface area contributed by atoms with E-state index in [4.69, 9.17) is 4.74 Å². The standard InChI is InChI=1S/C19H25N5O3/c1-22-12-15(18(21-22)27-2)19(26)23-9-5-7-14(23)11-24-17(25)10-13-6-3-4-8-16(13)20-24/h10,12,14H,3-9,11H2,1-2H3. The predicted octanol–water partition coefficient (Wildman–Crippen LogP) is 1.17. The van der Waals surface area contributed by atoms with Crippen LogP contribution < -0.4 is 10.3 Å². The first-order chi connectivity index (χ1) is 13.1. The Morgan fingerprint density at radius 3 is 2.89 bits per heavy atom. The van der Waals surface area contributed by atoms with Crippen LogP contribution in [0.1, 0.15) is 47.3 Å². The van der Waals surface area contributed by atoms with E-state index in [9.17, 15) is 9.59 Å². The lowest BCUT2D eigenvalue weighted by Gasteiger charge is -2.25. The second kappa shape index (κ2) is 7.17. The molecule has 2 aromatic heterocycles. The van der Waals surface area contributed by atoms with Gasteiger partial charge in [0.05, 0.1) is 25.4 Å². The second-order valence-electron chi connectivity index (χ2n) is 7.36. The number of ether oxygens (including phenoxy) is 1. The van der Waals surface area contributed by atoms with Crippen molar-refractivity contribution in [2.24, 2.45) is 7.05 Å². The number of rotatable bonds is 4. The van der Waals surface area contributed by atoms with E-state index in [0.29, 0.717) is 24.5 Å². The predicted molar refractivity (Wildman–Crippen MR) is 99.0 cm³/mol. The number of aryl methyl sites for hydroxylation is 3. The van der Waals surface area contributed by atoms with Gasteiger partial charge in [0.25, 0.3) is 11.5 Å². The van der Waals surface area contributed by atoms with E-state index in [2.05, 4.69) is 10.2 Å². The molecule has 8 nitrogen and oxygen atoms in total. The van der Waals surface area contributed by atoms with Gasteiger partial charge in [0.2, 0.25) is 5.88 Å². The quantitative estimate of drug-likeness (QED) is 0.806. The van der Waals surface area contributed by atoms with Crippen LogP contribution in [-0.2, 0) is 26.4 Å². The van der Waals surface area contributed by atoms with Gasteiger partial charge < -0.3 is 9.64 Å². The van der Waals surface area contributed by atoms with Crippen molar-refractivity contribution in [1.82, 2.24) is 24.5 Å². The topological polar surface area (TPSA) is 82.2 Å². The van der Waals surface area contributed by atoms with Gasteiger partial charge in [-0.15, -0.1) is 5.10 Å². The van der Waals surface area contributed by atoms with Crippen molar-refractivity contribution in [2.75, 3.05) is 13.7 Å². The highest BCUT2D eigenvalue weighted by molar-refractivity contribution is 5.96. The number of methoxy groups -OCH3 is 1. The van der Waals surface area contributed by atoms with E-state index in [1.807, 2.05) is 4.90 Å². The molecule has 0 bridgehead atoms. The Morgan fingerprint density at radius 2 is 2.07 bits per heavy atom. The number of fused-ring (bicyclic) bond motifs is 1. The van der Waals surface area contributed by atoms with E-state index >= 15 is 0 Å². The van der Waals surface area contributed by atoms with Gasteiger partial charge >= 0.3 is 0 Å². The summed E-state index contributed by atoms with van der Waals surface area (Å²) >= 11 is 0. The molecule has 0 radical (unpaired) electrons. The van der Waals surface area contributed by atoms with Crippen LogP contribution in [0.2, 0.25) is 0 Å². The van der Waals surface area contributed by atoms with Crippen LogP contribution in [0.25, 0.3) is 0 Å². The van der Waals surface area contributed by atoms with E-state index in [0.717, 1.165) is 49.8 Å². The molecule has 2 aliphatic rings. The molecule has 1 atom stereocenters. The summed E-state index contributed by atoms with van der Waals surface area (Å²) in [7, 11) is 3.27. The van der Waals surface area contributed by atoms with Gasteiger partial charge in [0.15, 0.2) is 0 Å². The van der Waals surface area contributed by atoms with Gasteiger partial charge in [-0.1, -0.05) is 0 Å². The first-order valence-electron chi connectivity index (χ1n) is 9.55. The molecule has 3 heterocycles. The van der Waals surface area contributed by atoms with Crippen molar-refractivity contribution >= 4 is 5.91 Å². The third-order valence-corrected chi connectivity index (χ3v) is 5.51. The highest BCUT2D eigenvalue weighted by Crippen LogP contribution is 2.25. The maximum absolute atomic E-state index is 13.0. The van der Waals surface area contributed by atoms with Gasteiger partial charge in [-0.05, 0) is 44.1 Å². The maximum Gasteiger partial charge on any atom is 0.267 e. The molecule has 1 fully saturated rings. The molecule has 144 valence electrons. The Labute approximate surface area is 157 Å². The van der Waals surface area contributed by atoms with Crippen molar-refractivity contribution in [2.45, 2.75) is 51.1 Å². The number of nitrogens with zero attached hydrogens (tertiary/aromatic N) is 5. The summed E-state index contributed by atoms with van der Waals surface area (Å²) in [6.07, 6.45) is 7.56. The Bertz CT molecular complexity index is 917. The number of hydrogen-bond acceptors (Lipinski definition) is 5. The summed E-state index contributed by atoms with van der Waals surface area (Å²) in [4.78, 5) is 27.4. The lowest BCUT2D eigenvalue weighted by Crippen LogP contribution is -2.41. The minimum absolute atomic E-state index is 0.0470. The van der Waals surface area contributed by atoms with E-state index in [1.54, 1.807) is 28.7 Å². The lowest BCUT2D eigenvalue weighted by atomic mass is 9.97. The minimum atomic E-state index is -0.103. The average Bonchev–Trinajstić information content (AvgIpc) is 3.28. The number of likely N-dealkylation sites (tertiary alicyclic amines) is 1. The fraction of sp³-hybridized carbons (Fsp3) is 0.579. The molecule has 0 saturated carbocycles. The molecule has 0 spiro atoms. The highest BCUT2D eigenvalue weighted by Gasteiger charge is 2.32. The molecule has 1 saturated heterocycles. The third-order valence-electron chi connectivity index (χ3n) is 5.51. The van der Waals surface area contributed by atoms with Crippen LogP contribution in [0, 0.1) is 0 Å². The van der Waals surface area contributed by atoms with Crippen molar-refractivity contribution in [3.63, 3.8) is 0 Å². The number of carbonyl (C=O) groups is 1. The molecular weight excluding hydrogens is 346 g/mol. The van der Waals surface area contributed by atoms with Gasteiger partial charge in [-0.2, -0.15) is 5.10 Å². The van der Waals surface area contributed by atoms with Crippen LogP contribution >= 0.6 is 0 Å². The summed E-state index contributed by atoms with van der Waals surface area (Å²) in [5.41, 5.74) is 2.50. The molecule has 8 heteroatoms. The molecule has 0 N–H and O–H groups in total. The Morgan fingerprint density at radius 1 is 1.26 bits per heavy atom. The fourth-order valence-corrected chi connectivity index (χ4v) is 4.14. The first kappa shape index (κ1) is 17.8. The molecule has 1 aliphatic carbocycles. The van der Waals surface area contributed by atoms with Crippen LogP contribution in [0.15, 0.2) is 17.1 Å². The molecule has 1 amide bonds. The van der Waals surface area contributed by atoms with Crippen LogP contribution in [0.4, 0.5) is 0 Å². The van der Waals surface area contributed by atoms with Gasteiger partial charge in [-0.3, -0.25) is 14.3 Å². The van der Waals surface area contributed by atoms with Crippen molar-refractivity contribution in [1.29, 1.82) is 0 Å². The summed E-state index contributed by atoms with van der Waals surface area (Å²) in [5, 5.41) is 8.78. The van der Waals surface area contributed by atoms with E-state index in [1.165, 1.54) is 7.11 Å². The molecule has 27 heavy (non-hydrogen) atoms. The zero-order chi connectivity index (χ0) is 19.0. The van der Waals surface area contributed by atoms with Gasteiger partial charge in [0.1, 0.15) is 5.56 Å². The van der Waals surface area contributed by atoms with Crippen molar-refractivity contribution in [3.8, 4) is 5.88 Å². The monoisotopic (exact) mass is 371 g/mol. The van der Waals surface area contributed by atoms with Gasteiger partial charge in [-0.25, -0.2) is 4.68 Å².